The van der Waals surface area contributed by atoms with Gasteiger partial charge >= 0.3 is 0 Å². The molecule has 8 nitrogen and oxygen atoms in total. The zero-order chi connectivity index (χ0) is 20.8. The minimum atomic E-state index is -0.315. The summed E-state index contributed by atoms with van der Waals surface area (Å²) in [5.74, 6) is 5.81. The van der Waals surface area contributed by atoms with Gasteiger partial charge in [-0.15, -0.1) is 10.2 Å². The van der Waals surface area contributed by atoms with Crippen LogP contribution in [0.5, 0.6) is 0 Å². The van der Waals surface area contributed by atoms with Crippen molar-refractivity contribution in [3.8, 4) is 0 Å². The molecule has 1 amide bonds. The van der Waals surface area contributed by atoms with Crippen molar-refractivity contribution in [3.05, 3.63) is 65.5 Å². The van der Waals surface area contributed by atoms with Gasteiger partial charge in [0, 0.05) is 5.69 Å². The van der Waals surface area contributed by atoms with Gasteiger partial charge < -0.3 is 11.2 Å². The van der Waals surface area contributed by atoms with Gasteiger partial charge in [0.2, 0.25) is 11.1 Å². The maximum Gasteiger partial charge on any atom is 0.264 e. The first kappa shape index (κ1) is 20.3. The first-order valence-electron chi connectivity index (χ1n) is 8.68. The molecule has 0 saturated heterocycles. The van der Waals surface area contributed by atoms with Crippen LogP contribution in [0.15, 0.2) is 58.8 Å². The molecule has 0 aliphatic rings. The predicted molar refractivity (Wildman–Crippen MR) is 113 cm³/mol. The number of hydrazone groups is 1. The predicted octanol–water partition coefficient (Wildman–Crippen LogP) is 3.01. The van der Waals surface area contributed by atoms with Gasteiger partial charge in [-0.1, -0.05) is 41.6 Å². The second kappa shape index (κ2) is 9.20. The van der Waals surface area contributed by atoms with E-state index in [4.69, 9.17) is 5.84 Å². The molecule has 29 heavy (non-hydrogen) atoms. The Morgan fingerprint density at radius 2 is 1.86 bits per heavy atom. The smallest absolute Gasteiger partial charge is 0.264 e. The summed E-state index contributed by atoms with van der Waals surface area (Å²) in [6.07, 6.45) is 0. The molecule has 0 bridgehead atoms. The molecule has 3 rings (SSSR count). The van der Waals surface area contributed by atoms with Crippen molar-refractivity contribution >= 4 is 35.0 Å². The maximum absolute atomic E-state index is 13.0. The number of nitrogens with two attached hydrogens (primary N) is 1. The van der Waals surface area contributed by atoms with E-state index < -0.39 is 0 Å². The molecule has 4 N–H and O–H groups in total. The van der Waals surface area contributed by atoms with Crippen LogP contribution < -0.4 is 16.6 Å². The van der Waals surface area contributed by atoms with Crippen LogP contribution in [0.2, 0.25) is 0 Å². The summed E-state index contributed by atoms with van der Waals surface area (Å²) in [6.45, 7) is 3.74. The Morgan fingerprint density at radius 1 is 1.17 bits per heavy atom. The largest absolute Gasteiger partial charge is 0.334 e. The van der Waals surface area contributed by atoms with Gasteiger partial charge in [0.25, 0.3) is 5.95 Å². The van der Waals surface area contributed by atoms with Crippen LogP contribution in [0.3, 0.4) is 0 Å². The summed E-state index contributed by atoms with van der Waals surface area (Å²) in [6, 6.07) is 13.5. The molecule has 150 valence electrons. The van der Waals surface area contributed by atoms with Gasteiger partial charge in [-0.2, -0.15) is 5.10 Å². The lowest BCUT2D eigenvalue weighted by Crippen LogP contribution is -2.17. The number of halogens is 1. The molecule has 1 heterocycles. The van der Waals surface area contributed by atoms with Crippen molar-refractivity contribution < 1.29 is 9.18 Å². The van der Waals surface area contributed by atoms with E-state index in [0.29, 0.717) is 10.9 Å². The zero-order valence-electron chi connectivity index (χ0n) is 15.9. The van der Waals surface area contributed by atoms with E-state index in [0.717, 1.165) is 28.6 Å². The number of benzene rings is 2. The second-order valence-corrected chi connectivity index (χ2v) is 7.14. The number of nitrogen functional groups attached to an aromatic ring is 1. The van der Waals surface area contributed by atoms with E-state index in [-0.39, 0.29) is 23.4 Å². The lowest BCUT2D eigenvalue weighted by Gasteiger charge is -2.06. The van der Waals surface area contributed by atoms with E-state index >= 15 is 0 Å². The standard InChI is InChI=1S/C19H20FN7OS/c1-12-3-9-16(10-4-12)22-17(28)11-29-19-26-25-18(27(19)21)24-23-13(2)14-5-7-15(20)8-6-14/h3-10H,11,21H2,1-2H3,(H,22,28)(H,24,25)/b23-13+. The molecule has 0 saturated carbocycles. The Hall–Kier alpha value is -3.40. The summed E-state index contributed by atoms with van der Waals surface area (Å²) in [5, 5.41) is 15.2. The number of carbonyl (C=O) groups excluding carboxylic acids is 1. The molecule has 0 spiro atoms. The highest BCUT2D eigenvalue weighted by atomic mass is 32.2. The Bertz CT molecular complexity index is 1020. The molecule has 0 unspecified atom stereocenters. The molecule has 0 atom stereocenters. The van der Waals surface area contributed by atoms with Gasteiger partial charge in [0.15, 0.2) is 0 Å². The van der Waals surface area contributed by atoms with Gasteiger partial charge in [0.1, 0.15) is 5.82 Å². The summed E-state index contributed by atoms with van der Waals surface area (Å²) in [5.41, 5.74) is 5.94. The number of nitrogens with zero attached hydrogens (tertiary/aromatic N) is 4. The van der Waals surface area contributed by atoms with Crippen molar-refractivity contribution in [2.24, 2.45) is 5.10 Å². The van der Waals surface area contributed by atoms with Crippen LogP contribution in [-0.2, 0) is 4.79 Å². The quantitative estimate of drug-likeness (QED) is 0.238. The maximum atomic E-state index is 13.0. The Morgan fingerprint density at radius 3 is 2.55 bits per heavy atom. The number of aromatic nitrogens is 3. The minimum Gasteiger partial charge on any atom is -0.334 e. The number of nitrogens with one attached hydrogen (secondary N) is 2. The van der Waals surface area contributed by atoms with E-state index in [1.165, 1.54) is 16.8 Å². The van der Waals surface area contributed by atoms with Gasteiger partial charge in [-0.05, 0) is 43.7 Å². The zero-order valence-corrected chi connectivity index (χ0v) is 16.7. The normalized spacial score (nSPS) is 11.3. The Balaban J connectivity index is 1.56. The number of thioether (sulfide) groups is 1. The van der Waals surface area contributed by atoms with Crippen LogP contribution in [0, 0.1) is 12.7 Å². The van der Waals surface area contributed by atoms with Crippen molar-refractivity contribution in [1.29, 1.82) is 0 Å². The van der Waals surface area contributed by atoms with E-state index in [1.54, 1.807) is 19.1 Å². The summed E-state index contributed by atoms with van der Waals surface area (Å²) in [7, 11) is 0. The fourth-order valence-corrected chi connectivity index (χ4v) is 2.96. The first-order valence-corrected chi connectivity index (χ1v) is 9.67. The third-order valence-corrected chi connectivity index (χ3v) is 4.86. The van der Waals surface area contributed by atoms with E-state index in [9.17, 15) is 9.18 Å². The second-order valence-electron chi connectivity index (χ2n) is 6.19. The summed E-state index contributed by atoms with van der Waals surface area (Å²) < 4.78 is 14.2. The molecule has 0 aliphatic heterocycles. The van der Waals surface area contributed by atoms with Crippen LogP contribution >= 0.6 is 11.8 Å². The third-order valence-electron chi connectivity index (χ3n) is 3.92. The molecule has 0 fully saturated rings. The molecule has 2 aromatic carbocycles. The highest BCUT2D eigenvalue weighted by Crippen LogP contribution is 2.17. The van der Waals surface area contributed by atoms with Gasteiger partial charge in [-0.3, -0.25) is 4.79 Å². The van der Waals surface area contributed by atoms with Gasteiger partial charge in [0.05, 0.1) is 11.5 Å². The van der Waals surface area contributed by atoms with Crippen LogP contribution in [0.4, 0.5) is 16.0 Å². The molecular weight excluding hydrogens is 393 g/mol. The highest BCUT2D eigenvalue weighted by molar-refractivity contribution is 7.99. The number of rotatable bonds is 7. The van der Waals surface area contributed by atoms with Crippen LogP contribution in [0.1, 0.15) is 18.1 Å². The molecule has 0 aliphatic carbocycles. The van der Waals surface area contributed by atoms with Crippen LogP contribution in [-0.4, -0.2) is 32.2 Å². The monoisotopic (exact) mass is 413 g/mol. The third kappa shape index (κ3) is 5.55. The number of hydrogen-bond acceptors (Lipinski definition) is 7. The van der Waals surface area contributed by atoms with Crippen molar-refractivity contribution in [2.45, 2.75) is 19.0 Å². The molecule has 10 heteroatoms. The fourth-order valence-electron chi connectivity index (χ4n) is 2.31. The number of amides is 1. The fraction of sp³-hybridized carbons (Fsp3) is 0.158. The van der Waals surface area contributed by atoms with Crippen molar-refractivity contribution in [2.75, 3.05) is 22.3 Å². The highest BCUT2D eigenvalue weighted by Gasteiger charge is 2.12. The number of aryl methyl sites for hydroxylation is 1. The number of carbonyl (C=O) groups is 1. The minimum absolute atomic E-state index is 0.126. The number of hydrogen-bond donors (Lipinski definition) is 3. The summed E-state index contributed by atoms with van der Waals surface area (Å²) >= 11 is 1.15. The molecule has 1 aromatic heterocycles. The molecule has 3 aromatic rings. The average molecular weight is 413 g/mol. The first-order chi connectivity index (χ1) is 13.9. The lowest BCUT2D eigenvalue weighted by atomic mass is 10.1. The molecule has 0 radical (unpaired) electrons. The Labute approximate surface area is 171 Å². The lowest BCUT2D eigenvalue weighted by molar-refractivity contribution is -0.113. The van der Waals surface area contributed by atoms with Crippen molar-refractivity contribution in [3.63, 3.8) is 0 Å². The van der Waals surface area contributed by atoms with E-state index in [2.05, 4.69) is 26.0 Å². The SMILES string of the molecule is C/C(=N\Nc1nnc(SCC(=O)Nc2ccc(C)cc2)n1N)c1ccc(F)cc1. The average Bonchev–Trinajstić information content (AvgIpc) is 3.06. The molecular formula is C19H20FN7OS. The summed E-state index contributed by atoms with van der Waals surface area (Å²) in [4.78, 5) is 12.1. The van der Waals surface area contributed by atoms with Crippen LogP contribution in [0.25, 0.3) is 0 Å². The topological polar surface area (TPSA) is 110 Å². The van der Waals surface area contributed by atoms with Crippen molar-refractivity contribution in [1.82, 2.24) is 14.9 Å². The Kier molecular flexibility index (Phi) is 6.45. The van der Waals surface area contributed by atoms with E-state index in [1.807, 2.05) is 31.2 Å². The van der Waals surface area contributed by atoms with Gasteiger partial charge in [-0.25, -0.2) is 14.5 Å². The number of anilines is 2.